The van der Waals surface area contributed by atoms with Crippen LogP contribution in [0.25, 0.3) is 11.1 Å². The van der Waals surface area contributed by atoms with E-state index >= 15 is 0 Å². The first-order chi connectivity index (χ1) is 9.20. The second-order valence-electron chi connectivity index (χ2n) is 4.71. The van der Waals surface area contributed by atoms with Gasteiger partial charge in [-0.2, -0.15) is 0 Å². The summed E-state index contributed by atoms with van der Waals surface area (Å²) in [4.78, 5) is 11.4. The molecule has 2 aromatic rings. The fourth-order valence-corrected chi connectivity index (χ4v) is 2.71. The Morgan fingerprint density at radius 3 is 2.74 bits per heavy atom. The molecule has 0 bridgehead atoms. The molecule has 0 saturated carbocycles. The highest BCUT2D eigenvalue weighted by Gasteiger charge is 2.29. The third kappa shape index (κ3) is 1.87. The predicted molar refractivity (Wildman–Crippen MR) is 72.5 cm³/mol. The summed E-state index contributed by atoms with van der Waals surface area (Å²) in [6.45, 7) is 0. The summed E-state index contributed by atoms with van der Waals surface area (Å²) in [5.74, 6) is -0.437. The number of carboxylic acids is 1. The molecule has 3 nitrogen and oxygen atoms in total. The third-order valence-corrected chi connectivity index (χ3v) is 3.67. The molecule has 1 aliphatic rings. The molecule has 0 aromatic heterocycles. The van der Waals surface area contributed by atoms with Crippen molar-refractivity contribution in [1.29, 1.82) is 0 Å². The van der Waals surface area contributed by atoms with Crippen molar-refractivity contribution in [3.8, 4) is 16.9 Å². The molecule has 1 atom stereocenters. The van der Waals surface area contributed by atoms with E-state index in [2.05, 4.69) is 0 Å². The van der Waals surface area contributed by atoms with Crippen LogP contribution in [0.2, 0.25) is 0 Å². The Balaban J connectivity index is 2.22. The maximum Gasteiger partial charge on any atom is 0.311 e. The van der Waals surface area contributed by atoms with Gasteiger partial charge in [-0.3, -0.25) is 4.79 Å². The van der Waals surface area contributed by atoms with Crippen LogP contribution in [0.3, 0.4) is 0 Å². The van der Waals surface area contributed by atoms with E-state index in [0.717, 1.165) is 28.0 Å². The molecule has 3 rings (SSSR count). The van der Waals surface area contributed by atoms with Crippen molar-refractivity contribution in [2.75, 3.05) is 7.11 Å². The Hall–Kier alpha value is -2.29. The van der Waals surface area contributed by atoms with Crippen LogP contribution in [-0.4, -0.2) is 18.2 Å². The van der Waals surface area contributed by atoms with Crippen LogP contribution < -0.4 is 4.74 Å². The first-order valence-electron chi connectivity index (χ1n) is 6.19. The summed E-state index contributed by atoms with van der Waals surface area (Å²) in [7, 11) is 1.64. The van der Waals surface area contributed by atoms with E-state index in [4.69, 9.17) is 4.74 Å². The lowest BCUT2D eigenvalue weighted by Crippen LogP contribution is -2.19. The Kier molecular flexibility index (Phi) is 2.75. The van der Waals surface area contributed by atoms with Gasteiger partial charge < -0.3 is 9.84 Å². The largest absolute Gasteiger partial charge is 0.497 e. The van der Waals surface area contributed by atoms with Gasteiger partial charge in [-0.1, -0.05) is 30.3 Å². The number of benzene rings is 2. The normalized spacial score (nSPS) is 16.4. The summed E-state index contributed by atoms with van der Waals surface area (Å²) >= 11 is 0. The van der Waals surface area contributed by atoms with E-state index in [-0.39, 0.29) is 0 Å². The van der Waals surface area contributed by atoms with Crippen molar-refractivity contribution in [3.05, 3.63) is 53.6 Å². The third-order valence-electron chi connectivity index (χ3n) is 3.67. The molecule has 0 heterocycles. The van der Waals surface area contributed by atoms with Gasteiger partial charge in [-0.15, -0.1) is 0 Å². The average Bonchev–Trinajstić information content (AvgIpc) is 2.45. The first-order valence-corrected chi connectivity index (χ1v) is 6.19. The molecule has 0 fully saturated rings. The van der Waals surface area contributed by atoms with E-state index in [1.165, 1.54) is 0 Å². The lowest BCUT2D eigenvalue weighted by molar-refractivity contribution is -0.138. The topological polar surface area (TPSA) is 46.5 Å². The minimum absolute atomic E-state index is 0.461. The number of carboxylic acid groups (broad SMARTS) is 1. The zero-order valence-electron chi connectivity index (χ0n) is 10.6. The van der Waals surface area contributed by atoms with Gasteiger partial charge in [-0.25, -0.2) is 0 Å². The molecule has 0 radical (unpaired) electrons. The number of aliphatic carboxylic acids is 1. The van der Waals surface area contributed by atoms with E-state index in [0.29, 0.717) is 6.42 Å². The van der Waals surface area contributed by atoms with E-state index in [9.17, 15) is 9.90 Å². The highest BCUT2D eigenvalue weighted by atomic mass is 16.5. The van der Waals surface area contributed by atoms with Crippen molar-refractivity contribution < 1.29 is 14.6 Å². The van der Waals surface area contributed by atoms with Gasteiger partial charge in [0.1, 0.15) is 5.75 Å². The zero-order chi connectivity index (χ0) is 13.4. The van der Waals surface area contributed by atoms with Crippen LogP contribution in [0.5, 0.6) is 5.75 Å². The Morgan fingerprint density at radius 1 is 1.21 bits per heavy atom. The van der Waals surface area contributed by atoms with E-state index in [1.54, 1.807) is 7.11 Å². The first kappa shape index (κ1) is 11.8. The number of hydrogen-bond donors (Lipinski definition) is 1. The molecule has 19 heavy (non-hydrogen) atoms. The molecule has 1 unspecified atom stereocenters. The van der Waals surface area contributed by atoms with Crippen LogP contribution in [0.15, 0.2) is 42.5 Å². The standard InChI is InChI=1S/C16H14O3/c1-19-11-7-6-10-8-15(16(17)18)13-5-3-2-4-12(13)14(10)9-11/h2-7,9,15H,8H2,1H3,(H,17,18). The molecular weight excluding hydrogens is 240 g/mol. The maximum atomic E-state index is 11.4. The Labute approximate surface area is 111 Å². The number of fused-ring (bicyclic) bond motifs is 3. The van der Waals surface area contributed by atoms with Gasteiger partial charge in [-0.05, 0) is 40.8 Å². The Bertz CT molecular complexity index is 646. The number of methoxy groups -OCH3 is 1. The fraction of sp³-hybridized carbons (Fsp3) is 0.188. The van der Waals surface area contributed by atoms with Gasteiger partial charge in [0.15, 0.2) is 0 Å². The van der Waals surface area contributed by atoms with Crippen LogP contribution in [0.1, 0.15) is 17.0 Å². The second kappa shape index (κ2) is 4.43. The number of ether oxygens (including phenoxy) is 1. The SMILES string of the molecule is COc1ccc2c(c1)-c1ccccc1C(C(=O)O)C2. The van der Waals surface area contributed by atoms with E-state index in [1.807, 2.05) is 42.5 Å². The maximum absolute atomic E-state index is 11.4. The average molecular weight is 254 g/mol. The molecule has 0 aliphatic heterocycles. The van der Waals surface area contributed by atoms with Crippen LogP contribution >= 0.6 is 0 Å². The zero-order valence-corrected chi connectivity index (χ0v) is 10.6. The molecule has 2 aromatic carbocycles. The smallest absolute Gasteiger partial charge is 0.311 e. The molecule has 0 spiro atoms. The van der Waals surface area contributed by atoms with Crippen molar-refractivity contribution in [2.45, 2.75) is 12.3 Å². The van der Waals surface area contributed by atoms with Crippen LogP contribution in [0.4, 0.5) is 0 Å². The number of hydrogen-bond acceptors (Lipinski definition) is 2. The minimum Gasteiger partial charge on any atom is -0.497 e. The van der Waals surface area contributed by atoms with Crippen molar-refractivity contribution >= 4 is 5.97 Å². The molecule has 0 saturated heterocycles. The lowest BCUT2D eigenvalue weighted by Gasteiger charge is -2.25. The van der Waals surface area contributed by atoms with Gasteiger partial charge in [0.25, 0.3) is 0 Å². The van der Waals surface area contributed by atoms with Crippen molar-refractivity contribution in [2.24, 2.45) is 0 Å². The van der Waals surface area contributed by atoms with Crippen LogP contribution in [-0.2, 0) is 11.2 Å². The summed E-state index contributed by atoms with van der Waals surface area (Å²) in [6.07, 6.45) is 0.533. The monoisotopic (exact) mass is 254 g/mol. The highest BCUT2D eigenvalue weighted by molar-refractivity contribution is 5.85. The summed E-state index contributed by atoms with van der Waals surface area (Å²) in [6, 6.07) is 13.5. The second-order valence-corrected chi connectivity index (χ2v) is 4.71. The molecule has 96 valence electrons. The van der Waals surface area contributed by atoms with E-state index < -0.39 is 11.9 Å². The number of carbonyl (C=O) groups is 1. The fourth-order valence-electron chi connectivity index (χ4n) is 2.71. The summed E-state index contributed by atoms with van der Waals surface area (Å²) in [5.41, 5.74) is 4.02. The minimum atomic E-state index is -0.770. The molecule has 1 N–H and O–H groups in total. The molecule has 3 heteroatoms. The quantitative estimate of drug-likeness (QED) is 0.895. The summed E-state index contributed by atoms with van der Waals surface area (Å²) in [5, 5.41) is 9.39. The Morgan fingerprint density at radius 2 is 2.00 bits per heavy atom. The van der Waals surface area contributed by atoms with Crippen molar-refractivity contribution in [1.82, 2.24) is 0 Å². The predicted octanol–water partition coefficient (Wildman–Crippen LogP) is 3.09. The molecule has 1 aliphatic carbocycles. The lowest BCUT2D eigenvalue weighted by atomic mass is 9.79. The van der Waals surface area contributed by atoms with Gasteiger partial charge in [0.05, 0.1) is 13.0 Å². The van der Waals surface area contributed by atoms with Gasteiger partial charge in [0.2, 0.25) is 0 Å². The number of rotatable bonds is 2. The van der Waals surface area contributed by atoms with Crippen molar-refractivity contribution in [3.63, 3.8) is 0 Å². The summed E-state index contributed by atoms with van der Waals surface area (Å²) < 4.78 is 5.25. The van der Waals surface area contributed by atoms with Gasteiger partial charge >= 0.3 is 5.97 Å². The highest BCUT2D eigenvalue weighted by Crippen LogP contribution is 2.41. The van der Waals surface area contributed by atoms with Crippen LogP contribution in [0, 0.1) is 0 Å². The van der Waals surface area contributed by atoms with Gasteiger partial charge in [0, 0.05) is 0 Å². The molecule has 0 amide bonds. The molecular formula is C16H14O3.